The molecule has 0 saturated heterocycles. The third-order valence-electron chi connectivity index (χ3n) is 1.96. The van der Waals surface area contributed by atoms with E-state index in [2.05, 4.69) is 19.9 Å². The highest BCUT2D eigenvalue weighted by atomic mass is 35.5. The van der Waals surface area contributed by atoms with Crippen LogP contribution in [0.5, 0.6) is 6.01 Å². The molecule has 0 fully saturated rings. The molecule has 0 amide bonds. The molecule has 0 atom stereocenters. The van der Waals surface area contributed by atoms with E-state index < -0.39 is 0 Å². The number of halogens is 1. The van der Waals surface area contributed by atoms with Gasteiger partial charge in [0.05, 0.1) is 6.61 Å². The number of aromatic nitrogens is 4. The van der Waals surface area contributed by atoms with Crippen molar-refractivity contribution in [2.24, 2.45) is 0 Å². The summed E-state index contributed by atoms with van der Waals surface area (Å²) in [5.41, 5.74) is 0.825. The summed E-state index contributed by atoms with van der Waals surface area (Å²) in [5.74, 6) is 0.485. The smallest absolute Gasteiger partial charge is 0.321 e. The molecular weight excluding hydrogens is 240 g/mol. The highest BCUT2D eigenvalue weighted by Gasteiger charge is 2.07. The van der Waals surface area contributed by atoms with Crippen LogP contribution in [0.1, 0.15) is 13.3 Å². The van der Waals surface area contributed by atoms with Gasteiger partial charge in [0, 0.05) is 18.0 Å². The molecule has 6 heteroatoms. The Morgan fingerprint density at radius 3 is 2.65 bits per heavy atom. The summed E-state index contributed by atoms with van der Waals surface area (Å²) >= 11 is 5.82. The molecule has 0 aliphatic carbocycles. The maximum absolute atomic E-state index is 5.82. The van der Waals surface area contributed by atoms with E-state index in [0.29, 0.717) is 12.4 Å². The fraction of sp³-hybridized carbons (Fsp3) is 0.273. The van der Waals surface area contributed by atoms with Gasteiger partial charge in [-0.1, -0.05) is 6.92 Å². The normalized spacial score (nSPS) is 10.2. The van der Waals surface area contributed by atoms with Crippen LogP contribution in [0, 0.1) is 0 Å². The fourth-order valence-corrected chi connectivity index (χ4v) is 1.37. The number of hydrogen-bond acceptors (Lipinski definition) is 5. The summed E-state index contributed by atoms with van der Waals surface area (Å²) in [7, 11) is 0. The summed E-state index contributed by atoms with van der Waals surface area (Å²) < 4.78 is 5.34. The van der Waals surface area contributed by atoms with E-state index >= 15 is 0 Å². The quantitative estimate of drug-likeness (QED) is 0.834. The van der Waals surface area contributed by atoms with Gasteiger partial charge in [-0.3, -0.25) is 4.98 Å². The predicted molar refractivity (Wildman–Crippen MR) is 63.9 cm³/mol. The summed E-state index contributed by atoms with van der Waals surface area (Å²) in [4.78, 5) is 16.1. The Balaban J connectivity index is 2.32. The van der Waals surface area contributed by atoms with E-state index in [4.69, 9.17) is 16.3 Å². The average molecular weight is 251 g/mol. The Kier molecular flexibility index (Phi) is 3.82. The van der Waals surface area contributed by atoms with E-state index in [0.717, 1.165) is 12.0 Å². The van der Waals surface area contributed by atoms with Gasteiger partial charge in [-0.2, -0.15) is 15.0 Å². The van der Waals surface area contributed by atoms with Crippen molar-refractivity contribution in [3.8, 4) is 17.4 Å². The minimum absolute atomic E-state index is 0.123. The van der Waals surface area contributed by atoms with Gasteiger partial charge in [0.1, 0.15) is 0 Å². The van der Waals surface area contributed by atoms with Crippen LogP contribution in [-0.2, 0) is 0 Å². The van der Waals surface area contributed by atoms with E-state index in [1.165, 1.54) is 0 Å². The third-order valence-corrected chi connectivity index (χ3v) is 2.13. The maximum atomic E-state index is 5.82. The number of ether oxygens (including phenoxy) is 1. The highest BCUT2D eigenvalue weighted by molar-refractivity contribution is 6.28. The maximum Gasteiger partial charge on any atom is 0.321 e. The van der Waals surface area contributed by atoms with Crippen molar-refractivity contribution in [1.29, 1.82) is 0 Å². The molecule has 17 heavy (non-hydrogen) atoms. The van der Waals surface area contributed by atoms with Crippen molar-refractivity contribution < 1.29 is 4.74 Å². The van der Waals surface area contributed by atoms with Crippen molar-refractivity contribution in [2.75, 3.05) is 6.61 Å². The molecule has 0 aliphatic heterocycles. The SMILES string of the molecule is CCCOc1nc(Cl)nc(-c2ccncc2)n1. The van der Waals surface area contributed by atoms with Crippen molar-refractivity contribution in [3.63, 3.8) is 0 Å². The Hall–Kier alpha value is -1.75. The van der Waals surface area contributed by atoms with E-state index in [1.807, 2.05) is 6.92 Å². The molecule has 0 radical (unpaired) electrons. The Bertz CT molecular complexity index is 492. The lowest BCUT2D eigenvalue weighted by Gasteiger charge is -2.04. The second-order valence-electron chi connectivity index (χ2n) is 3.29. The standard InChI is InChI=1S/C11H11ClN4O/c1-2-7-17-11-15-9(14-10(12)16-11)8-3-5-13-6-4-8/h3-6H,2,7H2,1H3. The molecule has 88 valence electrons. The average Bonchev–Trinajstić information content (AvgIpc) is 2.37. The first-order valence-corrected chi connectivity index (χ1v) is 5.62. The summed E-state index contributed by atoms with van der Waals surface area (Å²) in [5, 5.41) is 0.123. The predicted octanol–water partition coefficient (Wildman–Crippen LogP) is 2.38. The van der Waals surface area contributed by atoms with Gasteiger partial charge in [-0.05, 0) is 30.2 Å². The molecule has 0 bridgehead atoms. The van der Waals surface area contributed by atoms with Gasteiger partial charge in [-0.15, -0.1) is 0 Å². The zero-order chi connectivity index (χ0) is 12.1. The van der Waals surface area contributed by atoms with Crippen molar-refractivity contribution in [1.82, 2.24) is 19.9 Å². The molecule has 0 aromatic carbocycles. The lowest BCUT2D eigenvalue weighted by atomic mass is 10.2. The van der Waals surface area contributed by atoms with Gasteiger partial charge >= 0.3 is 6.01 Å². The lowest BCUT2D eigenvalue weighted by Crippen LogP contribution is -2.02. The molecule has 0 spiro atoms. The first-order chi connectivity index (χ1) is 8.29. The van der Waals surface area contributed by atoms with Crippen molar-refractivity contribution in [2.45, 2.75) is 13.3 Å². The number of pyridine rings is 1. The van der Waals surface area contributed by atoms with Crippen LogP contribution < -0.4 is 4.74 Å². The largest absolute Gasteiger partial charge is 0.463 e. The molecular formula is C11H11ClN4O. The van der Waals surface area contributed by atoms with E-state index in [-0.39, 0.29) is 11.3 Å². The number of hydrogen-bond donors (Lipinski definition) is 0. The molecule has 0 aliphatic rings. The van der Waals surface area contributed by atoms with Gasteiger partial charge in [0.2, 0.25) is 5.28 Å². The fourth-order valence-electron chi connectivity index (χ4n) is 1.22. The van der Waals surface area contributed by atoms with Crippen molar-refractivity contribution in [3.05, 3.63) is 29.8 Å². The van der Waals surface area contributed by atoms with Crippen molar-refractivity contribution >= 4 is 11.6 Å². The molecule has 0 N–H and O–H groups in total. The van der Waals surface area contributed by atoms with E-state index in [9.17, 15) is 0 Å². The molecule has 2 rings (SSSR count). The molecule has 0 unspecified atom stereocenters. The Labute approximate surface area is 104 Å². The minimum atomic E-state index is 0.123. The minimum Gasteiger partial charge on any atom is -0.463 e. The van der Waals surface area contributed by atoms with Crippen LogP contribution in [0.15, 0.2) is 24.5 Å². The number of nitrogens with zero attached hydrogens (tertiary/aromatic N) is 4. The molecule has 2 aromatic rings. The molecule has 2 aromatic heterocycles. The Morgan fingerprint density at radius 2 is 1.94 bits per heavy atom. The summed E-state index contributed by atoms with van der Waals surface area (Å²) in [6.45, 7) is 2.56. The zero-order valence-corrected chi connectivity index (χ0v) is 10.1. The molecule has 2 heterocycles. The van der Waals surface area contributed by atoms with Gasteiger partial charge < -0.3 is 4.74 Å². The third kappa shape index (κ3) is 3.10. The van der Waals surface area contributed by atoms with Gasteiger partial charge in [0.15, 0.2) is 5.82 Å². The van der Waals surface area contributed by atoms with Crippen LogP contribution >= 0.6 is 11.6 Å². The van der Waals surface area contributed by atoms with Crippen LogP contribution in [0.25, 0.3) is 11.4 Å². The first-order valence-electron chi connectivity index (χ1n) is 5.24. The Morgan fingerprint density at radius 1 is 1.18 bits per heavy atom. The highest BCUT2D eigenvalue weighted by Crippen LogP contribution is 2.17. The van der Waals surface area contributed by atoms with Crippen LogP contribution in [0.4, 0.5) is 0 Å². The molecule has 0 saturated carbocycles. The summed E-state index contributed by atoms with van der Waals surface area (Å²) in [6, 6.07) is 3.85. The van der Waals surface area contributed by atoms with Crippen LogP contribution in [0.3, 0.4) is 0 Å². The van der Waals surface area contributed by atoms with Crippen LogP contribution in [0.2, 0.25) is 5.28 Å². The second-order valence-corrected chi connectivity index (χ2v) is 3.63. The lowest BCUT2D eigenvalue weighted by molar-refractivity contribution is 0.291. The molecule has 5 nitrogen and oxygen atoms in total. The topological polar surface area (TPSA) is 60.8 Å². The van der Waals surface area contributed by atoms with Gasteiger partial charge in [0.25, 0.3) is 0 Å². The monoisotopic (exact) mass is 250 g/mol. The van der Waals surface area contributed by atoms with E-state index in [1.54, 1.807) is 24.5 Å². The van der Waals surface area contributed by atoms with Gasteiger partial charge in [-0.25, -0.2) is 0 Å². The first kappa shape index (κ1) is 11.7. The van der Waals surface area contributed by atoms with Crippen LogP contribution in [-0.4, -0.2) is 26.5 Å². The second kappa shape index (κ2) is 5.54. The zero-order valence-electron chi connectivity index (χ0n) is 9.30. The summed E-state index contributed by atoms with van der Waals surface area (Å²) in [6.07, 6.45) is 4.22. The number of rotatable bonds is 4.